The van der Waals surface area contributed by atoms with Gasteiger partial charge in [0.05, 0.1) is 23.7 Å². The minimum absolute atomic E-state index is 0.0892. The van der Waals surface area contributed by atoms with Gasteiger partial charge in [0.25, 0.3) is 0 Å². The van der Waals surface area contributed by atoms with Gasteiger partial charge in [0.1, 0.15) is 12.1 Å². The molecule has 0 fully saturated rings. The Kier molecular flexibility index (Phi) is 6.56. The number of rotatable bonds is 8. The molecule has 1 amide bonds. The highest BCUT2D eigenvalue weighted by Gasteiger charge is 2.19. The largest absolute Gasteiger partial charge is 0.467 e. The Morgan fingerprint density at radius 1 is 1.10 bits per heavy atom. The number of para-hydroxylation sites is 1. The summed E-state index contributed by atoms with van der Waals surface area (Å²) < 4.78 is 7.26. The third-order valence-electron chi connectivity index (χ3n) is 4.25. The average molecular weight is 437 g/mol. The van der Waals surface area contributed by atoms with Crippen molar-refractivity contribution in [2.24, 2.45) is 0 Å². The van der Waals surface area contributed by atoms with E-state index in [1.165, 1.54) is 11.8 Å². The van der Waals surface area contributed by atoms with E-state index in [4.69, 9.17) is 4.42 Å². The second-order valence-electron chi connectivity index (χ2n) is 6.48. The van der Waals surface area contributed by atoms with E-state index in [0.29, 0.717) is 11.7 Å². The van der Waals surface area contributed by atoms with E-state index in [1.54, 1.807) is 24.4 Å². The van der Waals surface area contributed by atoms with Crippen LogP contribution in [-0.2, 0) is 11.3 Å². The van der Waals surface area contributed by atoms with Crippen LogP contribution in [0.25, 0.3) is 0 Å². The van der Waals surface area contributed by atoms with Gasteiger partial charge in [0.15, 0.2) is 5.16 Å². The molecule has 8 heteroatoms. The first-order valence-corrected chi connectivity index (χ1v) is 11.1. The maximum Gasteiger partial charge on any atom is 0.237 e. The van der Waals surface area contributed by atoms with Crippen LogP contribution in [0.4, 0.5) is 5.69 Å². The number of carbonyl (C=O) groups excluding carboxylic acids is 1. The van der Waals surface area contributed by atoms with Gasteiger partial charge in [-0.05, 0) is 43.3 Å². The second-order valence-corrected chi connectivity index (χ2v) is 8.90. The number of furan rings is 1. The molecule has 0 aliphatic rings. The lowest BCUT2D eigenvalue weighted by atomic mass is 10.3. The highest BCUT2D eigenvalue weighted by molar-refractivity contribution is 8.00. The van der Waals surface area contributed by atoms with Crippen molar-refractivity contribution in [3.8, 4) is 0 Å². The molecule has 2 aromatic heterocycles. The predicted molar refractivity (Wildman–Crippen MR) is 119 cm³/mol. The molecule has 0 spiro atoms. The summed E-state index contributed by atoms with van der Waals surface area (Å²) in [6, 6.07) is 21.6. The summed E-state index contributed by atoms with van der Waals surface area (Å²) in [5.41, 5.74) is 0.792. The molecule has 0 radical (unpaired) electrons. The van der Waals surface area contributed by atoms with Crippen molar-refractivity contribution < 1.29 is 9.21 Å². The van der Waals surface area contributed by atoms with E-state index in [-0.39, 0.29) is 11.2 Å². The first kappa shape index (κ1) is 20.3. The topological polar surface area (TPSA) is 73.0 Å². The molecule has 0 saturated heterocycles. The molecule has 0 bridgehead atoms. The van der Waals surface area contributed by atoms with Crippen LogP contribution in [0.2, 0.25) is 0 Å². The molecule has 6 nitrogen and oxygen atoms in total. The third-order valence-corrected chi connectivity index (χ3v) is 6.43. The van der Waals surface area contributed by atoms with Gasteiger partial charge in [-0.1, -0.05) is 53.9 Å². The maximum absolute atomic E-state index is 12.9. The maximum atomic E-state index is 12.9. The van der Waals surface area contributed by atoms with Gasteiger partial charge >= 0.3 is 0 Å². The molecule has 1 N–H and O–H groups in total. The van der Waals surface area contributed by atoms with E-state index in [0.717, 1.165) is 21.2 Å². The Morgan fingerprint density at radius 3 is 2.70 bits per heavy atom. The molecule has 0 saturated carbocycles. The Morgan fingerprint density at radius 2 is 1.90 bits per heavy atom. The fourth-order valence-electron chi connectivity index (χ4n) is 2.73. The molecule has 2 heterocycles. The SMILES string of the molecule is CC(Sc1nncn1Cc1ccco1)C(=O)Nc1ccccc1Sc1ccccc1. The minimum atomic E-state index is -0.348. The number of benzene rings is 2. The zero-order valence-corrected chi connectivity index (χ0v) is 17.9. The van der Waals surface area contributed by atoms with Crippen LogP contribution in [0, 0.1) is 0 Å². The van der Waals surface area contributed by atoms with Crippen molar-refractivity contribution in [1.29, 1.82) is 0 Å². The molecule has 2 aromatic carbocycles. The lowest BCUT2D eigenvalue weighted by Gasteiger charge is -2.14. The standard InChI is InChI=1S/C22H20N4O2S2/c1-16(29-22-25-23-15-26(22)14-17-8-7-13-28-17)21(27)24-19-11-5-6-12-20(19)30-18-9-3-2-4-10-18/h2-13,15-16H,14H2,1H3,(H,24,27). The van der Waals surface area contributed by atoms with Crippen molar-refractivity contribution in [3.63, 3.8) is 0 Å². The van der Waals surface area contributed by atoms with Gasteiger partial charge in [0.2, 0.25) is 5.91 Å². The van der Waals surface area contributed by atoms with Crippen molar-refractivity contribution in [3.05, 3.63) is 85.1 Å². The number of nitrogens with zero attached hydrogens (tertiary/aromatic N) is 3. The fourth-order valence-corrected chi connectivity index (χ4v) is 4.48. The van der Waals surface area contributed by atoms with Gasteiger partial charge in [0, 0.05) is 9.79 Å². The summed E-state index contributed by atoms with van der Waals surface area (Å²) in [5.74, 6) is 0.717. The lowest BCUT2D eigenvalue weighted by Crippen LogP contribution is -2.23. The van der Waals surface area contributed by atoms with Gasteiger partial charge in [-0.2, -0.15) is 0 Å². The number of aromatic nitrogens is 3. The monoisotopic (exact) mass is 436 g/mol. The Hall–Kier alpha value is -2.97. The summed E-state index contributed by atoms with van der Waals surface area (Å²) in [6.07, 6.45) is 3.27. The quantitative estimate of drug-likeness (QED) is 0.383. The van der Waals surface area contributed by atoms with Crippen LogP contribution in [0.15, 0.2) is 98.7 Å². The number of hydrogen-bond donors (Lipinski definition) is 1. The number of amides is 1. The molecular weight excluding hydrogens is 416 g/mol. The number of nitrogens with one attached hydrogen (secondary N) is 1. The summed E-state index contributed by atoms with van der Waals surface area (Å²) in [6.45, 7) is 2.38. The van der Waals surface area contributed by atoms with Crippen molar-refractivity contribution in [2.45, 2.75) is 33.7 Å². The second kappa shape index (κ2) is 9.69. The molecule has 4 rings (SSSR count). The van der Waals surface area contributed by atoms with E-state index >= 15 is 0 Å². The number of hydrogen-bond acceptors (Lipinski definition) is 6. The molecule has 152 valence electrons. The Bertz CT molecular complexity index is 1100. The predicted octanol–water partition coefficient (Wildman–Crippen LogP) is 5.19. The molecule has 1 unspecified atom stereocenters. The Labute approximate surface area is 183 Å². The van der Waals surface area contributed by atoms with E-state index < -0.39 is 0 Å². The van der Waals surface area contributed by atoms with Crippen molar-refractivity contribution in [2.75, 3.05) is 5.32 Å². The van der Waals surface area contributed by atoms with Crippen molar-refractivity contribution >= 4 is 35.1 Å². The van der Waals surface area contributed by atoms with Crippen LogP contribution in [0.5, 0.6) is 0 Å². The normalized spacial score (nSPS) is 11.9. The zero-order valence-electron chi connectivity index (χ0n) is 16.3. The molecular formula is C22H20N4O2S2. The summed E-state index contributed by atoms with van der Waals surface area (Å²) in [7, 11) is 0. The molecule has 0 aliphatic heterocycles. The van der Waals surface area contributed by atoms with Crippen LogP contribution in [0.3, 0.4) is 0 Å². The average Bonchev–Trinajstić information content (AvgIpc) is 3.43. The lowest BCUT2D eigenvalue weighted by molar-refractivity contribution is -0.115. The summed E-state index contributed by atoms with van der Waals surface area (Å²) in [4.78, 5) is 15.0. The minimum Gasteiger partial charge on any atom is -0.467 e. The Balaban J connectivity index is 1.42. The molecule has 0 aliphatic carbocycles. The van der Waals surface area contributed by atoms with Gasteiger partial charge in [-0.25, -0.2) is 0 Å². The van der Waals surface area contributed by atoms with E-state index in [2.05, 4.69) is 15.5 Å². The van der Waals surface area contributed by atoms with E-state index in [9.17, 15) is 4.79 Å². The molecule has 30 heavy (non-hydrogen) atoms. The van der Waals surface area contributed by atoms with Gasteiger partial charge < -0.3 is 14.3 Å². The smallest absolute Gasteiger partial charge is 0.237 e. The first-order chi connectivity index (χ1) is 14.7. The van der Waals surface area contributed by atoms with Crippen LogP contribution in [-0.4, -0.2) is 25.9 Å². The first-order valence-electron chi connectivity index (χ1n) is 9.38. The van der Waals surface area contributed by atoms with Gasteiger partial charge in [-0.3, -0.25) is 4.79 Å². The van der Waals surface area contributed by atoms with E-state index in [1.807, 2.05) is 78.2 Å². The molecule has 4 aromatic rings. The zero-order chi connectivity index (χ0) is 20.8. The number of carbonyl (C=O) groups is 1. The number of thioether (sulfide) groups is 1. The van der Waals surface area contributed by atoms with Crippen molar-refractivity contribution in [1.82, 2.24) is 14.8 Å². The summed E-state index contributed by atoms with van der Waals surface area (Å²) >= 11 is 2.98. The third kappa shape index (κ3) is 5.14. The summed E-state index contributed by atoms with van der Waals surface area (Å²) in [5, 5.41) is 11.5. The van der Waals surface area contributed by atoms with Crippen LogP contribution >= 0.6 is 23.5 Å². The van der Waals surface area contributed by atoms with Crippen LogP contribution in [0.1, 0.15) is 12.7 Å². The molecule has 1 atom stereocenters. The highest BCUT2D eigenvalue weighted by atomic mass is 32.2. The fraction of sp³-hybridized carbons (Fsp3) is 0.136. The van der Waals surface area contributed by atoms with Crippen LogP contribution < -0.4 is 5.32 Å². The van der Waals surface area contributed by atoms with Gasteiger partial charge in [-0.15, -0.1) is 10.2 Å². The highest BCUT2D eigenvalue weighted by Crippen LogP contribution is 2.33. The number of anilines is 1.